The van der Waals surface area contributed by atoms with E-state index in [9.17, 15) is 39.3 Å². The molecule has 2 aromatic rings. The van der Waals surface area contributed by atoms with Crippen molar-refractivity contribution >= 4 is 35.6 Å². The lowest BCUT2D eigenvalue weighted by Crippen LogP contribution is -2.58. The fraction of sp³-hybridized carbons (Fsp3) is 0.357. The van der Waals surface area contributed by atoms with Gasteiger partial charge in [0.1, 0.15) is 23.9 Å². The Bertz CT molecular complexity index is 1280. The van der Waals surface area contributed by atoms with Crippen LogP contribution in [-0.2, 0) is 36.8 Å². The summed E-state index contributed by atoms with van der Waals surface area (Å²) < 4.78 is 0. The summed E-state index contributed by atoms with van der Waals surface area (Å²) in [6.07, 6.45) is -0.469. The Morgan fingerprint density at radius 2 is 1.28 bits per heavy atom. The Balaban J connectivity index is 2.19. The molecule has 2 aromatic carbocycles. The third kappa shape index (κ3) is 12.5. The predicted molar refractivity (Wildman–Crippen MR) is 156 cm³/mol. The van der Waals surface area contributed by atoms with Gasteiger partial charge in [-0.3, -0.25) is 24.2 Å². The zero-order chi connectivity index (χ0) is 31.9. The topological polar surface area (TPSA) is 273 Å². The first kappa shape index (κ1) is 34.0. The molecule has 0 heterocycles. The standard InChI is InChI=1S/C28H37N7O8/c29-19(7-4-12-32-28(30)31)24(39)33-20(13-16-5-2-1-3-6-16)25(40)34-21(15-23(37)38)26(41)35-22(27(42)43)14-17-8-10-18(36)11-9-17/h1-3,5-6,8-11,19-22,36H,4,7,12-15,29H2,(H,33,39)(H,34,40)(H,35,41)(H,37,38)(H,42,43)(H4,30,31,32). The summed E-state index contributed by atoms with van der Waals surface area (Å²) in [7, 11) is 0. The second-order valence-corrected chi connectivity index (χ2v) is 9.74. The summed E-state index contributed by atoms with van der Waals surface area (Å²) >= 11 is 0. The fourth-order valence-corrected chi connectivity index (χ4v) is 3.98. The summed E-state index contributed by atoms with van der Waals surface area (Å²) in [6, 6.07) is 8.85. The Labute approximate surface area is 247 Å². The van der Waals surface area contributed by atoms with Gasteiger partial charge in [-0.2, -0.15) is 0 Å². The number of amides is 3. The smallest absolute Gasteiger partial charge is 0.326 e. The number of hydrogen-bond donors (Lipinski definition) is 9. The first-order chi connectivity index (χ1) is 20.3. The molecular formula is C28H37N7O8. The average molecular weight is 600 g/mol. The molecule has 12 N–H and O–H groups in total. The third-order valence-corrected chi connectivity index (χ3v) is 6.22. The minimum absolute atomic E-state index is 0.0147. The second-order valence-electron chi connectivity index (χ2n) is 9.74. The molecule has 0 radical (unpaired) electrons. The molecule has 4 unspecified atom stereocenters. The molecule has 15 nitrogen and oxygen atoms in total. The number of benzene rings is 2. The van der Waals surface area contributed by atoms with Crippen LogP contribution in [0.25, 0.3) is 0 Å². The molecule has 2 rings (SSSR count). The highest BCUT2D eigenvalue weighted by Crippen LogP contribution is 2.12. The van der Waals surface area contributed by atoms with Crippen LogP contribution in [0.2, 0.25) is 0 Å². The monoisotopic (exact) mass is 599 g/mol. The molecular weight excluding hydrogens is 562 g/mol. The van der Waals surface area contributed by atoms with E-state index in [1.54, 1.807) is 30.3 Å². The number of hydrogen-bond acceptors (Lipinski definition) is 8. The van der Waals surface area contributed by atoms with E-state index in [1.807, 2.05) is 0 Å². The molecule has 15 heteroatoms. The van der Waals surface area contributed by atoms with Gasteiger partial charge < -0.3 is 48.5 Å². The minimum Gasteiger partial charge on any atom is -0.508 e. The van der Waals surface area contributed by atoms with Crippen molar-refractivity contribution in [2.45, 2.75) is 56.3 Å². The van der Waals surface area contributed by atoms with Gasteiger partial charge in [-0.05, 0) is 36.1 Å². The number of carboxylic acid groups (broad SMARTS) is 2. The summed E-state index contributed by atoms with van der Waals surface area (Å²) in [4.78, 5) is 66.5. The van der Waals surface area contributed by atoms with Gasteiger partial charge in [0.25, 0.3) is 0 Å². The summed E-state index contributed by atoms with van der Waals surface area (Å²) in [5.74, 6) is -5.57. The van der Waals surface area contributed by atoms with Crippen LogP contribution in [0.1, 0.15) is 30.4 Å². The maximum Gasteiger partial charge on any atom is 0.326 e. The summed E-state index contributed by atoms with van der Waals surface area (Å²) in [5, 5.41) is 35.6. The lowest BCUT2D eigenvalue weighted by molar-refractivity contribution is -0.143. The molecule has 0 saturated heterocycles. The van der Waals surface area contributed by atoms with Crippen molar-refractivity contribution in [1.82, 2.24) is 16.0 Å². The predicted octanol–water partition coefficient (Wildman–Crippen LogP) is -1.43. The number of nitrogens with one attached hydrogen (secondary N) is 3. The fourth-order valence-electron chi connectivity index (χ4n) is 3.98. The van der Waals surface area contributed by atoms with Crippen LogP contribution >= 0.6 is 0 Å². The summed E-state index contributed by atoms with van der Waals surface area (Å²) in [6.45, 7) is 0.243. The van der Waals surface area contributed by atoms with Crippen LogP contribution in [0.5, 0.6) is 5.75 Å². The Kier molecular flexibility index (Phi) is 13.4. The molecule has 3 amide bonds. The minimum atomic E-state index is -1.67. The van der Waals surface area contributed by atoms with E-state index in [0.29, 0.717) is 17.5 Å². The van der Waals surface area contributed by atoms with Crippen LogP contribution in [0, 0.1) is 0 Å². The lowest BCUT2D eigenvalue weighted by Gasteiger charge is -2.25. The first-order valence-electron chi connectivity index (χ1n) is 13.3. The van der Waals surface area contributed by atoms with Gasteiger partial charge in [0.2, 0.25) is 17.7 Å². The Morgan fingerprint density at radius 1 is 0.744 bits per heavy atom. The molecule has 0 aliphatic carbocycles. The van der Waals surface area contributed by atoms with E-state index in [2.05, 4.69) is 20.9 Å². The number of aromatic hydroxyl groups is 1. The van der Waals surface area contributed by atoms with Crippen molar-refractivity contribution in [1.29, 1.82) is 0 Å². The number of carbonyl (C=O) groups is 5. The van der Waals surface area contributed by atoms with Gasteiger partial charge >= 0.3 is 11.9 Å². The maximum atomic E-state index is 13.4. The molecule has 0 aliphatic heterocycles. The third-order valence-electron chi connectivity index (χ3n) is 6.22. The Morgan fingerprint density at radius 3 is 1.86 bits per heavy atom. The van der Waals surface area contributed by atoms with Crippen LogP contribution in [-0.4, -0.2) is 81.7 Å². The van der Waals surface area contributed by atoms with Gasteiger partial charge in [0.05, 0.1) is 12.5 Å². The number of phenols is 1. The van der Waals surface area contributed by atoms with Gasteiger partial charge in [0, 0.05) is 19.4 Å². The van der Waals surface area contributed by atoms with Gasteiger partial charge in [-0.1, -0.05) is 42.5 Å². The SMILES string of the molecule is NC(N)=NCCCC(N)C(=O)NC(Cc1ccccc1)C(=O)NC(CC(=O)O)C(=O)NC(Cc1ccc(O)cc1)C(=O)O. The van der Waals surface area contributed by atoms with Gasteiger partial charge in [-0.25, -0.2) is 4.79 Å². The van der Waals surface area contributed by atoms with E-state index in [4.69, 9.17) is 17.2 Å². The Hall–Kier alpha value is -5.18. The molecule has 0 aromatic heterocycles. The van der Waals surface area contributed by atoms with Crippen molar-refractivity contribution in [3.05, 3.63) is 65.7 Å². The van der Waals surface area contributed by atoms with Gasteiger partial charge in [-0.15, -0.1) is 0 Å². The van der Waals surface area contributed by atoms with Gasteiger partial charge in [0.15, 0.2) is 5.96 Å². The van der Waals surface area contributed by atoms with Crippen LogP contribution in [0.15, 0.2) is 59.6 Å². The molecule has 0 bridgehead atoms. The van der Waals surface area contributed by atoms with Crippen LogP contribution < -0.4 is 33.2 Å². The van der Waals surface area contributed by atoms with Crippen molar-refractivity contribution in [3.63, 3.8) is 0 Å². The lowest BCUT2D eigenvalue weighted by atomic mass is 10.0. The molecule has 0 spiro atoms. The number of carbonyl (C=O) groups excluding carboxylic acids is 3. The zero-order valence-electron chi connectivity index (χ0n) is 23.3. The highest BCUT2D eigenvalue weighted by atomic mass is 16.4. The quantitative estimate of drug-likeness (QED) is 0.0577. The average Bonchev–Trinajstić information content (AvgIpc) is 2.95. The number of rotatable bonds is 17. The largest absolute Gasteiger partial charge is 0.508 e. The number of guanidine groups is 1. The van der Waals surface area contributed by atoms with E-state index in [1.165, 1.54) is 24.3 Å². The molecule has 232 valence electrons. The molecule has 43 heavy (non-hydrogen) atoms. The second kappa shape index (κ2) is 16.9. The van der Waals surface area contributed by atoms with Crippen molar-refractivity contribution < 1.29 is 39.3 Å². The molecule has 0 saturated carbocycles. The summed E-state index contributed by atoms with van der Waals surface area (Å²) in [5.41, 5.74) is 17.7. The van der Waals surface area contributed by atoms with E-state index in [0.717, 1.165) is 0 Å². The maximum absolute atomic E-state index is 13.4. The molecule has 0 fully saturated rings. The van der Waals surface area contributed by atoms with Crippen molar-refractivity contribution in [2.24, 2.45) is 22.2 Å². The van der Waals surface area contributed by atoms with E-state index in [-0.39, 0.29) is 37.5 Å². The first-order valence-corrected chi connectivity index (χ1v) is 13.3. The molecule has 4 atom stereocenters. The number of phenolic OH excluding ortho intramolecular Hbond substituents is 1. The molecule has 0 aliphatic rings. The van der Waals surface area contributed by atoms with E-state index < -0.39 is 60.2 Å². The highest BCUT2D eigenvalue weighted by molar-refractivity contribution is 5.95. The van der Waals surface area contributed by atoms with Crippen molar-refractivity contribution in [2.75, 3.05) is 6.54 Å². The number of nitrogens with two attached hydrogens (primary N) is 3. The number of nitrogens with zero attached hydrogens (tertiary/aromatic N) is 1. The zero-order valence-corrected chi connectivity index (χ0v) is 23.3. The number of aliphatic carboxylic acids is 2. The highest BCUT2D eigenvalue weighted by Gasteiger charge is 2.32. The number of carboxylic acids is 2. The normalized spacial score (nSPS) is 13.4. The van der Waals surface area contributed by atoms with E-state index >= 15 is 0 Å². The number of aliphatic imine (C=N–C) groups is 1. The van der Waals surface area contributed by atoms with Crippen molar-refractivity contribution in [3.8, 4) is 5.75 Å². The van der Waals surface area contributed by atoms with Crippen LogP contribution in [0.3, 0.4) is 0 Å². The van der Waals surface area contributed by atoms with Crippen LogP contribution in [0.4, 0.5) is 0 Å².